The summed E-state index contributed by atoms with van der Waals surface area (Å²) in [6, 6.07) is 21.5. The molecule has 172 valence electrons. The molecule has 0 aliphatic rings. The van der Waals surface area contributed by atoms with E-state index in [1.165, 1.54) is 4.90 Å². The molecule has 0 fully saturated rings. The molecule has 0 spiro atoms. The lowest BCUT2D eigenvalue weighted by atomic mass is 10.1. The standard InChI is InChI=1S/C27H27N5O2/c1-19-9-11-22(12-10-19)26-23(17-32(30-26)16-21-7-5-4-6-8-21)27(34)31(3)18-25(33)29-24-15-20(2)13-14-28-24/h4-15,17H,16,18H2,1-3H3,(H,28,29,33). The van der Waals surface area contributed by atoms with Gasteiger partial charge in [0.05, 0.1) is 18.7 Å². The third kappa shape index (κ3) is 5.56. The number of hydrogen-bond donors (Lipinski definition) is 1. The van der Waals surface area contributed by atoms with E-state index < -0.39 is 0 Å². The van der Waals surface area contributed by atoms with E-state index in [1.807, 2.05) is 74.5 Å². The normalized spacial score (nSPS) is 10.7. The minimum Gasteiger partial charge on any atom is -0.332 e. The van der Waals surface area contributed by atoms with Crippen molar-refractivity contribution >= 4 is 17.6 Å². The van der Waals surface area contributed by atoms with Gasteiger partial charge in [-0.1, -0.05) is 60.2 Å². The van der Waals surface area contributed by atoms with Crippen molar-refractivity contribution in [1.82, 2.24) is 19.7 Å². The average Bonchev–Trinajstić information content (AvgIpc) is 3.23. The number of amides is 2. The molecule has 0 unspecified atom stereocenters. The molecule has 2 aromatic carbocycles. The second-order valence-corrected chi connectivity index (χ2v) is 8.37. The van der Waals surface area contributed by atoms with Crippen LogP contribution in [0, 0.1) is 13.8 Å². The monoisotopic (exact) mass is 453 g/mol. The number of anilines is 1. The lowest BCUT2D eigenvalue weighted by molar-refractivity contribution is -0.116. The van der Waals surface area contributed by atoms with Gasteiger partial charge in [0, 0.05) is 25.0 Å². The van der Waals surface area contributed by atoms with E-state index in [0.717, 1.165) is 22.3 Å². The first kappa shape index (κ1) is 22.9. The van der Waals surface area contributed by atoms with Gasteiger partial charge in [0.25, 0.3) is 5.91 Å². The SMILES string of the molecule is Cc1ccc(-c2nn(Cc3ccccc3)cc2C(=O)N(C)CC(=O)Nc2cc(C)ccn2)cc1. The summed E-state index contributed by atoms with van der Waals surface area (Å²) in [5, 5.41) is 7.47. The van der Waals surface area contributed by atoms with Gasteiger partial charge in [0.2, 0.25) is 5.91 Å². The van der Waals surface area contributed by atoms with Gasteiger partial charge in [0.15, 0.2) is 0 Å². The second kappa shape index (κ2) is 10.1. The van der Waals surface area contributed by atoms with Crippen LogP contribution in [0.4, 0.5) is 5.82 Å². The van der Waals surface area contributed by atoms with E-state index in [0.29, 0.717) is 23.6 Å². The van der Waals surface area contributed by atoms with Crippen molar-refractivity contribution in [2.75, 3.05) is 18.9 Å². The fourth-order valence-corrected chi connectivity index (χ4v) is 3.63. The first-order valence-electron chi connectivity index (χ1n) is 11.1. The molecule has 7 nitrogen and oxygen atoms in total. The fraction of sp³-hybridized carbons (Fsp3) is 0.185. The number of nitrogens with one attached hydrogen (secondary N) is 1. The van der Waals surface area contributed by atoms with Crippen LogP contribution in [0.2, 0.25) is 0 Å². The Labute approximate surface area is 199 Å². The lowest BCUT2D eigenvalue weighted by Gasteiger charge is -2.16. The van der Waals surface area contributed by atoms with Gasteiger partial charge in [0.1, 0.15) is 11.5 Å². The molecule has 0 saturated heterocycles. The minimum absolute atomic E-state index is 0.105. The van der Waals surface area contributed by atoms with Crippen LogP contribution >= 0.6 is 0 Å². The molecule has 1 N–H and O–H groups in total. The van der Waals surface area contributed by atoms with Crippen molar-refractivity contribution in [2.45, 2.75) is 20.4 Å². The van der Waals surface area contributed by atoms with E-state index in [1.54, 1.807) is 30.2 Å². The number of pyridine rings is 1. The van der Waals surface area contributed by atoms with E-state index in [2.05, 4.69) is 10.3 Å². The van der Waals surface area contributed by atoms with Crippen LogP contribution in [0.15, 0.2) is 79.1 Å². The van der Waals surface area contributed by atoms with Gasteiger partial charge in [-0.15, -0.1) is 0 Å². The van der Waals surface area contributed by atoms with Gasteiger partial charge in [-0.3, -0.25) is 14.3 Å². The Morgan fingerprint density at radius 1 is 0.971 bits per heavy atom. The highest BCUT2D eigenvalue weighted by Crippen LogP contribution is 2.24. The smallest absolute Gasteiger partial charge is 0.257 e. The van der Waals surface area contributed by atoms with Crippen LogP contribution in [0.1, 0.15) is 27.0 Å². The van der Waals surface area contributed by atoms with Crippen LogP contribution in [-0.2, 0) is 11.3 Å². The van der Waals surface area contributed by atoms with E-state index >= 15 is 0 Å². The maximum absolute atomic E-state index is 13.4. The Kier molecular flexibility index (Phi) is 6.82. The van der Waals surface area contributed by atoms with E-state index in [-0.39, 0.29) is 18.4 Å². The number of likely N-dealkylation sites (N-methyl/N-ethyl adjacent to an activating group) is 1. The van der Waals surface area contributed by atoms with Crippen LogP contribution in [-0.4, -0.2) is 45.1 Å². The molecule has 2 heterocycles. The van der Waals surface area contributed by atoms with Gasteiger partial charge in [-0.05, 0) is 37.1 Å². The molecule has 0 bridgehead atoms. The molecule has 0 atom stereocenters. The Hall–Kier alpha value is -4.26. The minimum atomic E-state index is -0.317. The Bertz CT molecular complexity index is 1300. The number of aromatic nitrogens is 3. The van der Waals surface area contributed by atoms with Crippen molar-refractivity contribution in [2.24, 2.45) is 0 Å². The predicted molar refractivity (Wildman–Crippen MR) is 133 cm³/mol. The quantitative estimate of drug-likeness (QED) is 0.452. The predicted octanol–water partition coefficient (Wildman–Crippen LogP) is 4.32. The topological polar surface area (TPSA) is 80.1 Å². The Morgan fingerprint density at radius 3 is 2.41 bits per heavy atom. The Morgan fingerprint density at radius 2 is 1.71 bits per heavy atom. The summed E-state index contributed by atoms with van der Waals surface area (Å²) in [6.07, 6.45) is 3.38. The zero-order valence-electron chi connectivity index (χ0n) is 19.5. The van der Waals surface area contributed by atoms with Crippen molar-refractivity contribution in [3.05, 3.63) is 101 Å². The molecule has 34 heavy (non-hydrogen) atoms. The highest BCUT2D eigenvalue weighted by Gasteiger charge is 2.23. The molecule has 7 heteroatoms. The van der Waals surface area contributed by atoms with Crippen molar-refractivity contribution in [3.8, 4) is 11.3 Å². The van der Waals surface area contributed by atoms with Gasteiger partial charge in [-0.2, -0.15) is 5.10 Å². The summed E-state index contributed by atoms with van der Waals surface area (Å²) >= 11 is 0. The summed E-state index contributed by atoms with van der Waals surface area (Å²) < 4.78 is 1.77. The van der Waals surface area contributed by atoms with E-state index in [4.69, 9.17) is 5.10 Å². The third-order valence-electron chi connectivity index (χ3n) is 5.41. The summed E-state index contributed by atoms with van der Waals surface area (Å²) in [5.41, 5.74) is 5.08. The fourth-order valence-electron chi connectivity index (χ4n) is 3.63. The zero-order valence-corrected chi connectivity index (χ0v) is 19.5. The van der Waals surface area contributed by atoms with Crippen molar-refractivity contribution < 1.29 is 9.59 Å². The first-order valence-corrected chi connectivity index (χ1v) is 11.1. The lowest BCUT2D eigenvalue weighted by Crippen LogP contribution is -2.35. The average molecular weight is 454 g/mol. The Balaban J connectivity index is 1.57. The largest absolute Gasteiger partial charge is 0.332 e. The number of benzene rings is 2. The molecule has 0 radical (unpaired) electrons. The van der Waals surface area contributed by atoms with Crippen LogP contribution in [0.5, 0.6) is 0 Å². The van der Waals surface area contributed by atoms with Gasteiger partial charge in [-0.25, -0.2) is 4.98 Å². The molecule has 4 rings (SSSR count). The van der Waals surface area contributed by atoms with Crippen LogP contribution < -0.4 is 5.32 Å². The number of carbonyl (C=O) groups is 2. The van der Waals surface area contributed by atoms with Crippen molar-refractivity contribution in [3.63, 3.8) is 0 Å². The maximum atomic E-state index is 13.4. The zero-order chi connectivity index (χ0) is 24.1. The number of hydrogen-bond acceptors (Lipinski definition) is 4. The molecular weight excluding hydrogens is 426 g/mol. The van der Waals surface area contributed by atoms with Gasteiger partial charge >= 0.3 is 0 Å². The number of carbonyl (C=O) groups excluding carboxylic acids is 2. The molecule has 4 aromatic rings. The summed E-state index contributed by atoms with van der Waals surface area (Å²) in [6.45, 7) is 4.37. The van der Waals surface area contributed by atoms with Crippen molar-refractivity contribution in [1.29, 1.82) is 0 Å². The maximum Gasteiger partial charge on any atom is 0.257 e. The second-order valence-electron chi connectivity index (χ2n) is 8.37. The number of rotatable bonds is 7. The van der Waals surface area contributed by atoms with Crippen LogP contribution in [0.25, 0.3) is 11.3 Å². The van der Waals surface area contributed by atoms with E-state index in [9.17, 15) is 9.59 Å². The molecule has 2 aromatic heterocycles. The summed E-state index contributed by atoms with van der Waals surface area (Å²) in [7, 11) is 1.61. The highest BCUT2D eigenvalue weighted by atomic mass is 16.2. The highest BCUT2D eigenvalue weighted by molar-refractivity contribution is 6.02. The molecule has 2 amide bonds. The van der Waals surface area contributed by atoms with Gasteiger partial charge < -0.3 is 10.2 Å². The first-order chi connectivity index (χ1) is 16.4. The van der Waals surface area contributed by atoms with Crippen LogP contribution in [0.3, 0.4) is 0 Å². The summed E-state index contributed by atoms with van der Waals surface area (Å²) in [5.74, 6) is -0.133. The molecule has 0 aliphatic carbocycles. The molecular formula is C27H27N5O2. The summed E-state index contributed by atoms with van der Waals surface area (Å²) in [4.78, 5) is 31.5. The number of aryl methyl sites for hydroxylation is 2. The molecule has 0 aliphatic heterocycles. The molecule has 0 saturated carbocycles. The third-order valence-corrected chi connectivity index (χ3v) is 5.41. The number of nitrogens with zero attached hydrogens (tertiary/aromatic N) is 4.